The standard InChI is InChI=1S/C9H13N5O2.C3H8.2C2H6/c1-14-6-7(11-5-12-8(6)15)13-9(14)10-3-4-16-2;1-3-2;2*1-2/h5H,3-4H2,1-2H3,(H2,10,11,12,13,15);3H2,1-2H3;2*1-2H3. The smallest absolute Gasteiger partial charge is 0.277 e. The van der Waals surface area contributed by atoms with E-state index in [9.17, 15) is 4.79 Å². The Bertz CT molecular complexity index is 563. The van der Waals surface area contributed by atoms with Crippen LogP contribution in [0.5, 0.6) is 0 Å². The molecule has 0 unspecified atom stereocenters. The summed E-state index contributed by atoms with van der Waals surface area (Å²) < 4.78 is 6.60. The third-order valence-corrected chi connectivity index (χ3v) is 2.26. The highest BCUT2D eigenvalue weighted by molar-refractivity contribution is 5.73. The molecule has 0 saturated carbocycles. The van der Waals surface area contributed by atoms with Crippen molar-refractivity contribution in [2.24, 2.45) is 7.05 Å². The predicted octanol–water partition coefficient (Wildman–Crippen LogP) is 3.18. The van der Waals surface area contributed by atoms with Crippen LogP contribution in [0, 0.1) is 0 Å². The minimum absolute atomic E-state index is 0.195. The van der Waals surface area contributed by atoms with E-state index in [1.165, 1.54) is 12.7 Å². The monoisotopic (exact) mass is 327 g/mol. The summed E-state index contributed by atoms with van der Waals surface area (Å²) in [7, 11) is 3.39. The molecule has 2 aromatic heterocycles. The van der Waals surface area contributed by atoms with Gasteiger partial charge in [0.1, 0.15) is 0 Å². The van der Waals surface area contributed by atoms with E-state index < -0.39 is 0 Å². The van der Waals surface area contributed by atoms with E-state index in [0.717, 1.165) is 0 Å². The van der Waals surface area contributed by atoms with Gasteiger partial charge in [0, 0.05) is 20.7 Å². The van der Waals surface area contributed by atoms with E-state index >= 15 is 0 Å². The van der Waals surface area contributed by atoms with E-state index in [2.05, 4.69) is 34.1 Å². The predicted molar refractivity (Wildman–Crippen MR) is 98.2 cm³/mol. The number of aromatic nitrogens is 4. The summed E-state index contributed by atoms with van der Waals surface area (Å²) in [4.78, 5) is 22.3. The number of fused-ring (bicyclic) bond motifs is 1. The molecule has 2 heterocycles. The van der Waals surface area contributed by atoms with Gasteiger partial charge in [0.25, 0.3) is 5.56 Å². The van der Waals surface area contributed by atoms with Crippen LogP contribution in [0.15, 0.2) is 11.1 Å². The summed E-state index contributed by atoms with van der Waals surface area (Å²) in [5.74, 6) is 0.608. The number of ether oxygens (including phenoxy) is 1. The van der Waals surface area contributed by atoms with Gasteiger partial charge < -0.3 is 19.6 Å². The molecule has 0 aliphatic rings. The topological polar surface area (TPSA) is 84.8 Å². The zero-order valence-electron chi connectivity index (χ0n) is 15.9. The van der Waals surface area contributed by atoms with Crippen molar-refractivity contribution in [2.75, 3.05) is 25.6 Å². The van der Waals surface area contributed by atoms with Crippen LogP contribution in [0.4, 0.5) is 5.95 Å². The quantitative estimate of drug-likeness (QED) is 0.842. The molecule has 134 valence electrons. The lowest BCUT2D eigenvalue weighted by molar-refractivity contribution is 0.210. The number of nitrogens with zero attached hydrogens (tertiary/aromatic N) is 3. The summed E-state index contributed by atoms with van der Waals surface area (Å²) >= 11 is 0. The third kappa shape index (κ3) is 7.78. The van der Waals surface area contributed by atoms with Gasteiger partial charge in [-0.25, -0.2) is 4.98 Å². The first-order chi connectivity index (χ1) is 11.2. The highest BCUT2D eigenvalue weighted by atomic mass is 16.5. The Balaban J connectivity index is 0. The molecule has 0 atom stereocenters. The average Bonchev–Trinajstić information content (AvgIpc) is 2.90. The fourth-order valence-electron chi connectivity index (χ4n) is 1.47. The number of aryl methyl sites for hydroxylation is 1. The maximum absolute atomic E-state index is 11.5. The summed E-state index contributed by atoms with van der Waals surface area (Å²) in [5.41, 5.74) is 0.702. The molecule has 2 aromatic rings. The number of imidazole rings is 1. The number of rotatable bonds is 4. The Morgan fingerprint density at radius 1 is 1.26 bits per heavy atom. The molecule has 0 amide bonds. The highest BCUT2D eigenvalue weighted by Gasteiger charge is 2.10. The number of aromatic amines is 1. The maximum Gasteiger partial charge on any atom is 0.277 e. The SMILES string of the molecule is CC.CC.CCC.COCCNc1nc2nc[nH]c(=O)c2n1C. The van der Waals surface area contributed by atoms with Gasteiger partial charge in [0.2, 0.25) is 5.95 Å². The number of methoxy groups -OCH3 is 1. The van der Waals surface area contributed by atoms with Crippen LogP contribution in [0.2, 0.25) is 0 Å². The fourth-order valence-corrected chi connectivity index (χ4v) is 1.47. The van der Waals surface area contributed by atoms with E-state index in [1.807, 2.05) is 27.7 Å². The molecule has 0 aromatic carbocycles. The Kier molecular flexibility index (Phi) is 15.3. The first kappa shape index (κ1) is 23.4. The van der Waals surface area contributed by atoms with Crippen LogP contribution in [-0.2, 0) is 11.8 Å². The first-order valence-electron chi connectivity index (χ1n) is 8.28. The van der Waals surface area contributed by atoms with Gasteiger partial charge in [0.05, 0.1) is 12.9 Å². The van der Waals surface area contributed by atoms with Crippen molar-refractivity contribution >= 4 is 17.1 Å². The molecule has 2 rings (SSSR count). The molecule has 0 spiro atoms. The molecule has 0 aliphatic carbocycles. The van der Waals surface area contributed by atoms with Crippen LogP contribution in [0.25, 0.3) is 11.2 Å². The van der Waals surface area contributed by atoms with Crippen LogP contribution >= 0.6 is 0 Å². The van der Waals surface area contributed by atoms with Gasteiger partial charge >= 0.3 is 0 Å². The molecule has 0 fully saturated rings. The number of nitrogens with one attached hydrogen (secondary N) is 2. The van der Waals surface area contributed by atoms with Crippen LogP contribution < -0.4 is 10.9 Å². The Labute approximate surface area is 139 Å². The van der Waals surface area contributed by atoms with Crippen molar-refractivity contribution in [2.45, 2.75) is 48.0 Å². The van der Waals surface area contributed by atoms with E-state index in [4.69, 9.17) is 4.74 Å². The summed E-state index contributed by atoms with van der Waals surface area (Å²) in [6.45, 7) is 13.5. The van der Waals surface area contributed by atoms with Gasteiger partial charge in [-0.15, -0.1) is 0 Å². The van der Waals surface area contributed by atoms with Crippen molar-refractivity contribution in [3.05, 3.63) is 16.7 Å². The minimum atomic E-state index is -0.195. The van der Waals surface area contributed by atoms with Gasteiger partial charge in [-0.05, 0) is 0 Å². The second-order valence-electron chi connectivity index (χ2n) is 4.02. The Morgan fingerprint density at radius 2 is 1.83 bits per heavy atom. The summed E-state index contributed by atoms with van der Waals surface area (Å²) in [6, 6.07) is 0. The Morgan fingerprint density at radius 3 is 2.30 bits per heavy atom. The molecule has 0 radical (unpaired) electrons. The van der Waals surface area contributed by atoms with Gasteiger partial charge in [-0.3, -0.25) is 4.79 Å². The van der Waals surface area contributed by atoms with Gasteiger partial charge in [-0.1, -0.05) is 48.0 Å². The zero-order valence-corrected chi connectivity index (χ0v) is 15.9. The van der Waals surface area contributed by atoms with E-state index in [0.29, 0.717) is 30.3 Å². The molecule has 7 heteroatoms. The molecule has 2 N–H and O–H groups in total. The van der Waals surface area contributed by atoms with Crippen molar-refractivity contribution in [1.82, 2.24) is 19.5 Å². The van der Waals surface area contributed by atoms with Crippen molar-refractivity contribution in [3.8, 4) is 0 Å². The Hall–Kier alpha value is -1.89. The lowest BCUT2D eigenvalue weighted by Crippen LogP contribution is -2.13. The zero-order chi connectivity index (χ0) is 18.3. The summed E-state index contributed by atoms with van der Waals surface area (Å²) in [5, 5.41) is 3.06. The normalized spacial score (nSPS) is 8.87. The molecular formula is C16H33N5O2. The number of anilines is 1. The molecule has 0 aliphatic heterocycles. The molecule has 0 bridgehead atoms. The minimum Gasteiger partial charge on any atom is -0.383 e. The molecule has 7 nitrogen and oxygen atoms in total. The number of H-pyrrole nitrogens is 1. The first-order valence-corrected chi connectivity index (χ1v) is 8.28. The lowest BCUT2D eigenvalue weighted by atomic mass is 10.5. The third-order valence-electron chi connectivity index (χ3n) is 2.26. The highest BCUT2D eigenvalue weighted by Crippen LogP contribution is 2.11. The number of hydrogen-bond acceptors (Lipinski definition) is 5. The lowest BCUT2D eigenvalue weighted by Gasteiger charge is -2.04. The largest absolute Gasteiger partial charge is 0.383 e. The van der Waals surface area contributed by atoms with E-state index in [1.54, 1.807) is 18.7 Å². The van der Waals surface area contributed by atoms with Crippen LogP contribution in [0.3, 0.4) is 0 Å². The van der Waals surface area contributed by atoms with Crippen LogP contribution in [-0.4, -0.2) is 39.8 Å². The molecular weight excluding hydrogens is 294 g/mol. The fraction of sp³-hybridized carbons (Fsp3) is 0.688. The maximum atomic E-state index is 11.5. The number of hydrogen-bond donors (Lipinski definition) is 2. The van der Waals surface area contributed by atoms with Crippen molar-refractivity contribution in [1.29, 1.82) is 0 Å². The van der Waals surface area contributed by atoms with Crippen LogP contribution in [0.1, 0.15) is 48.0 Å². The second-order valence-corrected chi connectivity index (χ2v) is 4.02. The molecule has 0 saturated heterocycles. The molecule has 23 heavy (non-hydrogen) atoms. The van der Waals surface area contributed by atoms with Gasteiger partial charge in [0.15, 0.2) is 11.2 Å². The van der Waals surface area contributed by atoms with Crippen molar-refractivity contribution in [3.63, 3.8) is 0 Å². The average molecular weight is 327 g/mol. The second kappa shape index (κ2) is 15.0. The van der Waals surface area contributed by atoms with Gasteiger partial charge in [-0.2, -0.15) is 4.98 Å². The van der Waals surface area contributed by atoms with Crippen molar-refractivity contribution < 1.29 is 4.74 Å². The summed E-state index contributed by atoms with van der Waals surface area (Å²) in [6.07, 6.45) is 2.59. The van der Waals surface area contributed by atoms with E-state index in [-0.39, 0.29) is 5.56 Å².